The van der Waals surface area contributed by atoms with Gasteiger partial charge in [-0.25, -0.2) is 0 Å². The van der Waals surface area contributed by atoms with E-state index in [4.69, 9.17) is 9.69 Å². The molecule has 6 heavy (non-hydrogen) atoms. The van der Waals surface area contributed by atoms with Crippen LogP contribution in [0.4, 0.5) is 0 Å². The summed E-state index contributed by atoms with van der Waals surface area (Å²) in [5.41, 5.74) is 1.20. The molecular weight excluding hydrogens is 185 g/mol. The molecule has 0 amide bonds. The molecule has 0 N–H and O–H groups in total. The van der Waals surface area contributed by atoms with Crippen LogP contribution in [-0.2, 0) is 15.7 Å². The Bertz CT molecular complexity index is 85.7. The topological polar surface area (TPSA) is 0 Å². The number of hydrogen-bond donors (Lipinski definition) is 0. The van der Waals surface area contributed by atoms with Crippen LogP contribution >= 0.6 is 9.69 Å². The maximum absolute atomic E-state index is 5.35. The van der Waals surface area contributed by atoms with E-state index in [1.807, 2.05) is 13.8 Å². The Balaban J connectivity index is 3.73. The first-order valence-electron chi connectivity index (χ1n) is 1.56. The summed E-state index contributed by atoms with van der Waals surface area (Å²) in [6.45, 7) is 3.99. The molecule has 0 aliphatic carbocycles. The van der Waals surface area contributed by atoms with Crippen LogP contribution in [0.3, 0.4) is 0 Å². The normalized spacial score (nSPS) is 7.17. The summed E-state index contributed by atoms with van der Waals surface area (Å²) in [5, 5.41) is 0. The van der Waals surface area contributed by atoms with E-state index in [0.29, 0.717) is 0 Å². The van der Waals surface area contributed by atoms with Gasteiger partial charge in [0.15, 0.2) is 0 Å². The molecule has 0 atom stereocenters. The van der Waals surface area contributed by atoms with Crippen LogP contribution in [0.2, 0.25) is 0 Å². The molecule has 0 unspecified atom stereocenters. The molecule has 0 aromatic carbocycles. The quantitative estimate of drug-likeness (QED) is 0.509. The molecule has 2 heteroatoms. The van der Waals surface area contributed by atoms with E-state index < -0.39 is 0 Å². The number of hydrogen-bond acceptors (Lipinski definition) is 0. The zero-order chi connectivity index (χ0) is 4.99. The van der Waals surface area contributed by atoms with Crippen LogP contribution in [0.15, 0.2) is 5.57 Å². The first kappa shape index (κ1) is 6.56. The second-order valence-corrected chi connectivity index (χ2v) is 2.71. The predicted octanol–water partition coefficient (Wildman–Crippen LogP) is 1.59. The van der Waals surface area contributed by atoms with E-state index in [1.165, 1.54) is 5.57 Å². The van der Waals surface area contributed by atoms with Crippen molar-refractivity contribution >= 4 is 14.0 Å². The van der Waals surface area contributed by atoms with Gasteiger partial charge in [0.1, 0.15) is 0 Å². The Hall–Kier alpha value is 0.563. The molecule has 0 nitrogen and oxygen atoms in total. The summed E-state index contributed by atoms with van der Waals surface area (Å²) in [6.07, 6.45) is 0. The Morgan fingerprint density at radius 2 is 2.17 bits per heavy atom. The van der Waals surface area contributed by atoms with Gasteiger partial charge in [-0.1, -0.05) is 0 Å². The van der Waals surface area contributed by atoms with Crippen molar-refractivity contribution in [3.63, 3.8) is 0 Å². The van der Waals surface area contributed by atoms with Gasteiger partial charge in [-0.05, 0) is 0 Å². The summed E-state index contributed by atoms with van der Waals surface area (Å²) < 4.78 is 2.98. The molecule has 0 aromatic rings. The van der Waals surface area contributed by atoms with E-state index in [-0.39, 0.29) is 15.7 Å². The third-order valence-electron chi connectivity index (χ3n) is 0.210. The number of allylic oxidation sites excluding steroid dienone is 1. The van der Waals surface area contributed by atoms with E-state index in [0.717, 1.165) is 0 Å². The van der Waals surface area contributed by atoms with E-state index >= 15 is 0 Å². The SMILES string of the molecule is CC(C)=[C]=[Ru][Cl]. The van der Waals surface area contributed by atoms with Gasteiger partial charge in [0.05, 0.1) is 0 Å². The van der Waals surface area contributed by atoms with Crippen molar-refractivity contribution in [3.05, 3.63) is 5.57 Å². The van der Waals surface area contributed by atoms with Gasteiger partial charge in [0.2, 0.25) is 0 Å². The van der Waals surface area contributed by atoms with Gasteiger partial charge >= 0.3 is 49.1 Å². The molecule has 0 spiro atoms. The molecule has 0 saturated carbocycles. The standard InChI is InChI=1S/C4H6.ClH.Ru/c1-4(2)3;;/h1-2H3;1H;/q;;+1/p-1. The summed E-state index contributed by atoms with van der Waals surface area (Å²) in [6, 6.07) is 0. The number of rotatable bonds is 0. The molecule has 0 bridgehead atoms. The molecule has 0 saturated heterocycles. The summed E-state index contributed by atoms with van der Waals surface area (Å²) in [7, 11) is 5.35. The Morgan fingerprint density at radius 3 is 2.17 bits per heavy atom. The zero-order valence-electron chi connectivity index (χ0n) is 3.73. The van der Waals surface area contributed by atoms with E-state index in [9.17, 15) is 0 Å². The van der Waals surface area contributed by atoms with E-state index in [1.54, 1.807) is 0 Å². The predicted molar refractivity (Wildman–Crippen MR) is 25.7 cm³/mol. The van der Waals surface area contributed by atoms with Gasteiger partial charge < -0.3 is 0 Å². The molecular formula is C4H6ClRu. The molecule has 37 valence electrons. The minimum atomic E-state index is -0.109. The first-order chi connectivity index (χ1) is 2.77. The van der Waals surface area contributed by atoms with Crippen molar-refractivity contribution in [3.8, 4) is 0 Å². The minimum absolute atomic E-state index is 0.109. The fraction of sp³-hybridized carbons (Fsp3) is 0.500. The molecule has 0 fully saturated rings. The average molecular weight is 191 g/mol. The second-order valence-electron chi connectivity index (χ2n) is 1.16. The number of halogens is 1. The third kappa shape index (κ3) is 4.56. The van der Waals surface area contributed by atoms with E-state index in [2.05, 4.69) is 4.26 Å². The van der Waals surface area contributed by atoms with Crippen molar-refractivity contribution in [2.45, 2.75) is 13.8 Å². The van der Waals surface area contributed by atoms with Crippen molar-refractivity contribution in [1.29, 1.82) is 0 Å². The second kappa shape index (κ2) is 3.74. The van der Waals surface area contributed by atoms with Gasteiger partial charge in [0.25, 0.3) is 0 Å². The maximum atomic E-state index is 5.35. The van der Waals surface area contributed by atoms with Crippen molar-refractivity contribution in [2.75, 3.05) is 0 Å². The first-order valence-corrected chi connectivity index (χ1v) is 4.67. The summed E-state index contributed by atoms with van der Waals surface area (Å²) in [5.74, 6) is 0. The fourth-order valence-electron chi connectivity index (χ4n) is 0.0668. The van der Waals surface area contributed by atoms with Crippen molar-refractivity contribution in [2.24, 2.45) is 0 Å². The Kier molecular flexibility index (Phi) is 4.09. The average Bonchev–Trinajstić information content (AvgIpc) is 1.35. The van der Waals surface area contributed by atoms with Crippen LogP contribution in [0.25, 0.3) is 0 Å². The zero-order valence-corrected chi connectivity index (χ0v) is 6.23. The fourth-order valence-corrected chi connectivity index (χ4v) is 1.19. The van der Waals surface area contributed by atoms with Crippen molar-refractivity contribution < 1.29 is 15.7 Å². The molecule has 0 heterocycles. The van der Waals surface area contributed by atoms with Crippen LogP contribution in [-0.4, -0.2) is 4.26 Å². The van der Waals surface area contributed by atoms with Gasteiger partial charge in [-0.15, -0.1) is 0 Å². The molecule has 0 aromatic heterocycles. The van der Waals surface area contributed by atoms with Crippen LogP contribution in [0.1, 0.15) is 13.8 Å². The van der Waals surface area contributed by atoms with Crippen LogP contribution in [0, 0.1) is 0 Å². The third-order valence-corrected chi connectivity index (χ3v) is 1.64. The Labute approximate surface area is 49.4 Å². The van der Waals surface area contributed by atoms with Crippen LogP contribution in [0.5, 0.6) is 0 Å². The molecule has 0 aliphatic heterocycles. The van der Waals surface area contributed by atoms with Gasteiger partial charge in [-0.2, -0.15) is 0 Å². The molecule has 0 aliphatic rings. The van der Waals surface area contributed by atoms with Crippen LogP contribution < -0.4 is 0 Å². The molecule has 0 rings (SSSR count). The van der Waals surface area contributed by atoms with Gasteiger partial charge in [-0.3, -0.25) is 0 Å². The summed E-state index contributed by atoms with van der Waals surface area (Å²) in [4.78, 5) is 0. The Morgan fingerprint density at radius 1 is 1.67 bits per heavy atom. The van der Waals surface area contributed by atoms with Gasteiger partial charge in [0, 0.05) is 0 Å². The van der Waals surface area contributed by atoms with Crippen molar-refractivity contribution in [1.82, 2.24) is 0 Å². The summed E-state index contributed by atoms with van der Waals surface area (Å²) >= 11 is -0.109. The molecule has 0 radical (unpaired) electrons. The monoisotopic (exact) mass is 191 g/mol.